The van der Waals surface area contributed by atoms with Gasteiger partial charge in [0.25, 0.3) is 5.91 Å². The summed E-state index contributed by atoms with van der Waals surface area (Å²) >= 11 is 0. The Balaban J connectivity index is 2.15. The minimum absolute atomic E-state index is 0.0145. The largest absolute Gasteiger partial charge is 0.504 e. The van der Waals surface area contributed by atoms with Gasteiger partial charge in [0.2, 0.25) is 0 Å². The van der Waals surface area contributed by atoms with Crippen LogP contribution in [0.3, 0.4) is 0 Å². The summed E-state index contributed by atoms with van der Waals surface area (Å²) in [6, 6.07) is 2.67. The maximum absolute atomic E-state index is 12.0. The van der Waals surface area contributed by atoms with E-state index in [2.05, 4.69) is 15.3 Å². The zero-order valence-electron chi connectivity index (χ0n) is 10.8. The van der Waals surface area contributed by atoms with E-state index in [-0.39, 0.29) is 12.0 Å². The number of nitrogens with one attached hydrogen (secondary N) is 2. The molecule has 0 fully saturated rings. The lowest BCUT2D eigenvalue weighted by molar-refractivity contribution is -0.139. The van der Waals surface area contributed by atoms with Crippen LogP contribution < -0.4 is 5.32 Å². The number of imidazole rings is 1. The zero-order valence-corrected chi connectivity index (χ0v) is 10.8. The van der Waals surface area contributed by atoms with E-state index in [0.717, 1.165) is 0 Å². The second kappa shape index (κ2) is 5.95. The molecule has 1 aromatic heterocycles. The van der Waals surface area contributed by atoms with Gasteiger partial charge in [0.15, 0.2) is 11.5 Å². The molecule has 8 heteroatoms. The van der Waals surface area contributed by atoms with Crippen molar-refractivity contribution < 1.29 is 24.9 Å². The van der Waals surface area contributed by atoms with Gasteiger partial charge in [-0.2, -0.15) is 0 Å². The topological polar surface area (TPSA) is 136 Å². The number of benzene rings is 1. The molecule has 0 unspecified atom stereocenters. The number of nitrogens with zero attached hydrogens (tertiary/aromatic N) is 1. The molecule has 2 aromatic rings. The van der Waals surface area contributed by atoms with Crippen molar-refractivity contribution in [1.29, 1.82) is 0 Å². The van der Waals surface area contributed by atoms with E-state index in [4.69, 9.17) is 5.11 Å². The molecule has 0 spiro atoms. The molecular weight excluding hydrogens is 278 g/mol. The number of rotatable bonds is 5. The Morgan fingerprint density at radius 3 is 2.71 bits per heavy atom. The number of phenols is 2. The van der Waals surface area contributed by atoms with Crippen molar-refractivity contribution in [1.82, 2.24) is 15.3 Å². The Labute approximate surface area is 119 Å². The maximum atomic E-state index is 12.0. The first-order valence-electron chi connectivity index (χ1n) is 6.01. The van der Waals surface area contributed by atoms with Gasteiger partial charge >= 0.3 is 5.97 Å². The number of aromatic nitrogens is 2. The highest BCUT2D eigenvalue weighted by atomic mass is 16.4. The quantitative estimate of drug-likeness (QED) is 0.501. The first-order valence-corrected chi connectivity index (χ1v) is 6.01. The third-order valence-electron chi connectivity index (χ3n) is 2.84. The molecule has 1 heterocycles. The average Bonchev–Trinajstić information content (AvgIpc) is 2.93. The summed E-state index contributed by atoms with van der Waals surface area (Å²) in [4.78, 5) is 29.7. The highest BCUT2D eigenvalue weighted by Gasteiger charge is 2.23. The molecule has 0 radical (unpaired) electrons. The zero-order chi connectivity index (χ0) is 15.4. The van der Waals surface area contributed by atoms with Crippen LogP contribution in [0.2, 0.25) is 0 Å². The molecule has 1 atom stereocenters. The number of phenolic OH excluding ortho intramolecular Hbond substituents is 2. The summed E-state index contributed by atoms with van der Waals surface area (Å²) in [7, 11) is 0. The number of amides is 1. The summed E-state index contributed by atoms with van der Waals surface area (Å²) < 4.78 is 0. The van der Waals surface area contributed by atoms with E-state index in [0.29, 0.717) is 5.69 Å². The molecule has 0 aliphatic heterocycles. The molecule has 5 N–H and O–H groups in total. The lowest BCUT2D eigenvalue weighted by Crippen LogP contribution is -2.42. The van der Waals surface area contributed by atoms with Crippen LogP contribution >= 0.6 is 0 Å². The third kappa shape index (κ3) is 3.30. The van der Waals surface area contributed by atoms with E-state index in [1.54, 1.807) is 0 Å². The average molecular weight is 291 g/mol. The van der Waals surface area contributed by atoms with Crippen molar-refractivity contribution in [2.45, 2.75) is 12.5 Å². The standard InChI is InChI=1S/C13H13N3O5/c17-10-3-1-2-8(11(10)18)12(19)16-9(13(20)21)4-7-5-14-6-15-7/h1-3,5-6,9,17-18H,4H2,(H,14,15)(H,16,19)(H,20,21)/t9-/m0/s1. The van der Waals surface area contributed by atoms with Crippen LogP contribution in [-0.2, 0) is 11.2 Å². The molecule has 0 aliphatic rings. The van der Waals surface area contributed by atoms with Gasteiger partial charge in [-0.1, -0.05) is 6.07 Å². The van der Waals surface area contributed by atoms with Crippen molar-refractivity contribution in [2.24, 2.45) is 0 Å². The number of carboxylic acid groups (broad SMARTS) is 1. The van der Waals surface area contributed by atoms with Crippen LogP contribution in [0.5, 0.6) is 11.5 Å². The number of aromatic amines is 1. The van der Waals surface area contributed by atoms with Crippen LogP contribution in [0.15, 0.2) is 30.7 Å². The first kappa shape index (κ1) is 14.4. The Bertz CT molecular complexity index is 654. The molecule has 21 heavy (non-hydrogen) atoms. The van der Waals surface area contributed by atoms with Crippen molar-refractivity contribution >= 4 is 11.9 Å². The summed E-state index contributed by atoms with van der Waals surface area (Å²) in [5.74, 6) is -3.07. The Morgan fingerprint density at radius 2 is 2.10 bits per heavy atom. The number of hydrogen-bond donors (Lipinski definition) is 5. The van der Waals surface area contributed by atoms with Gasteiger partial charge in [0.05, 0.1) is 11.9 Å². The number of carbonyl (C=O) groups is 2. The number of H-pyrrole nitrogens is 1. The smallest absolute Gasteiger partial charge is 0.326 e. The predicted molar refractivity (Wildman–Crippen MR) is 71.0 cm³/mol. The van der Waals surface area contributed by atoms with E-state index in [1.807, 2.05) is 0 Å². The second-order valence-corrected chi connectivity index (χ2v) is 4.32. The van der Waals surface area contributed by atoms with Gasteiger partial charge in [-0.25, -0.2) is 9.78 Å². The molecule has 0 aliphatic carbocycles. The second-order valence-electron chi connectivity index (χ2n) is 4.32. The lowest BCUT2D eigenvalue weighted by atomic mass is 10.1. The predicted octanol–water partition coefficient (Wildman–Crippen LogP) is 0.247. The van der Waals surface area contributed by atoms with Crippen LogP contribution in [0.25, 0.3) is 0 Å². The minimum atomic E-state index is -1.22. The summed E-state index contributed by atoms with van der Waals surface area (Å²) in [5.41, 5.74) is 0.341. The number of aliphatic carboxylic acids is 1. The van der Waals surface area contributed by atoms with Gasteiger partial charge in [-0.15, -0.1) is 0 Å². The van der Waals surface area contributed by atoms with Crippen LogP contribution in [-0.4, -0.2) is 43.2 Å². The normalized spacial score (nSPS) is 11.8. The molecule has 2 rings (SSSR count). The van der Waals surface area contributed by atoms with Crippen molar-refractivity contribution in [3.8, 4) is 11.5 Å². The first-order chi connectivity index (χ1) is 9.99. The molecule has 110 valence electrons. The van der Waals surface area contributed by atoms with E-state index >= 15 is 0 Å². The Hall–Kier alpha value is -3.03. The van der Waals surface area contributed by atoms with Crippen molar-refractivity contribution in [3.05, 3.63) is 42.0 Å². The van der Waals surface area contributed by atoms with Gasteiger partial charge < -0.3 is 25.6 Å². The van der Waals surface area contributed by atoms with Gasteiger partial charge in [0.1, 0.15) is 6.04 Å². The Morgan fingerprint density at radius 1 is 1.33 bits per heavy atom. The number of aromatic hydroxyl groups is 2. The highest BCUT2D eigenvalue weighted by Crippen LogP contribution is 2.28. The van der Waals surface area contributed by atoms with E-state index < -0.39 is 29.4 Å². The van der Waals surface area contributed by atoms with Gasteiger partial charge in [-0.3, -0.25) is 4.79 Å². The third-order valence-corrected chi connectivity index (χ3v) is 2.84. The van der Waals surface area contributed by atoms with E-state index in [9.17, 15) is 19.8 Å². The fourth-order valence-electron chi connectivity index (χ4n) is 1.77. The lowest BCUT2D eigenvalue weighted by Gasteiger charge is -2.14. The maximum Gasteiger partial charge on any atom is 0.326 e. The van der Waals surface area contributed by atoms with Crippen LogP contribution in [0.1, 0.15) is 16.1 Å². The number of hydrogen-bond acceptors (Lipinski definition) is 5. The number of carboxylic acids is 1. The monoisotopic (exact) mass is 291 g/mol. The van der Waals surface area contributed by atoms with Crippen molar-refractivity contribution in [2.75, 3.05) is 0 Å². The summed E-state index contributed by atoms with van der Waals surface area (Å²) in [6.07, 6.45) is 2.87. The van der Waals surface area contributed by atoms with Gasteiger partial charge in [-0.05, 0) is 12.1 Å². The molecule has 0 saturated carbocycles. The number of carbonyl (C=O) groups excluding carboxylic acids is 1. The molecular formula is C13H13N3O5. The SMILES string of the molecule is O=C(N[C@@H](Cc1cnc[nH]1)C(=O)O)c1cccc(O)c1O. The van der Waals surface area contributed by atoms with Crippen LogP contribution in [0.4, 0.5) is 0 Å². The molecule has 0 bridgehead atoms. The van der Waals surface area contributed by atoms with E-state index in [1.165, 1.54) is 30.7 Å². The fraction of sp³-hybridized carbons (Fsp3) is 0.154. The highest BCUT2D eigenvalue weighted by molar-refractivity contribution is 5.99. The molecule has 8 nitrogen and oxygen atoms in total. The van der Waals surface area contributed by atoms with Crippen LogP contribution in [0, 0.1) is 0 Å². The minimum Gasteiger partial charge on any atom is -0.504 e. The summed E-state index contributed by atoms with van der Waals surface area (Å²) in [6.45, 7) is 0. The van der Waals surface area contributed by atoms with Crippen molar-refractivity contribution in [3.63, 3.8) is 0 Å². The summed E-state index contributed by atoms with van der Waals surface area (Å²) in [5, 5.41) is 30.4. The molecule has 1 aromatic carbocycles. The molecule has 1 amide bonds. The van der Waals surface area contributed by atoms with Gasteiger partial charge in [0, 0.05) is 18.3 Å². The molecule has 0 saturated heterocycles. The number of para-hydroxylation sites is 1. The fourth-order valence-corrected chi connectivity index (χ4v) is 1.77. The Kier molecular flexibility index (Phi) is 4.07.